The van der Waals surface area contributed by atoms with E-state index in [2.05, 4.69) is 40.8 Å². The zero-order valence-electron chi connectivity index (χ0n) is 17.0. The maximum atomic E-state index is 12.8. The number of anilines is 1. The normalized spacial score (nSPS) is 13.0. The van der Waals surface area contributed by atoms with Crippen LogP contribution < -0.4 is 10.1 Å². The molecule has 1 heterocycles. The number of aromatic nitrogens is 4. The standard InChI is InChI=1S/C21H25N5O2S/c1-5-14(2)18-8-6-7-9-19(18)22-20(27)15(3)29-21-23-24-25-26(21)16-10-12-17(28-4)13-11-16/h6-15H,5H2,1-4H3,(H,22,27)/t14-,15+/m1/s1. The first kappa shape index (κ1) is 20.9. The summed E-state index contributed by atoms with van der Waals surface area (Å²) < 4.78 is 6.80. The number of hydrogen-bond donors (Lipinski definition) is 1. The molecule has 0 aliphatic heterocycles. The van der Waals surface area contributed by atoms with Gasteiger partial charge in [-0.05, 0) is 65.6 Å². The van der Waals surface area contributed by atoms with Crippen LogP contribution in [0.5, 0.6) is 5.75 Å². The Kier molecular flexibility index (Phi) is 6.87. The Morgan fingerprint density at radius 3 is 2.59 bits per heavy atom. The lowest BCUT2D eigenvalue weighted by molar-refractivity contribution is -0.115. The molecule has 3 aromatic rings. The Morgan fingerprint density at radius 2 is 1.90 bits per heavy atom. The molecule has 0 saturated heterocycles. The van der Waals surface area contributed by atoms with Crippen LogP contribution in [0.15, 0.2) is 53.7 Å². The van der Waals surface area contributed by atoms with Gasteiger partial charge in [-0.15, -0.1) is 5.10 Å². The van der Waals surface area contributed by atoms with Gasteiger partial charge < -0.3 is 10.1 Å². The zero-order chi connectivity index (χ0) is 20.8. The van der Waals surface area contributed by atoms with E-state index in [0.717, 1.165) is 29.1 Å². The van der Waals surface area contributed by atoms with Crippen LogP contribution in [0.4, 0.5) is 5.69 Å². The van der Waals surface area contributed by atoms with Crippen LogP contribution in [0.3, 0.4) is 0 Å². The van der Waals surface area contributed by atoms with Crippen molar-refractivity contribution in [2.45, 2.75) is 43.5 Å². The highest BCUT2D eigenvalue weighted by atomic mass is 32.2. The van der Waals surface area contributed by atoms with Crippen molar-refractivity contribution in [3.8, 4) is 11.4 Å². The molecule has 8 heteroatoms. The van der Waals surface area contributed by atoms with Gasteiger partial charge in [0, 0.05) is 5.69 Å². The van der Waals surface area contributed by atoms with Crippen LogP contribution in [0, 0.1) is 0 Å². The van der Waals surface area contributed by atoms with Gasteiger partial charge in [0.25, 0.3) is 0 Å². The van der Waals surface area contributed by atoms with Crippen molar-refractivity contribution in [3.63, 3.8) is 0 Å². The molecule has 0 spiro atoms. The summed E-state index contributed by atoms with van der Waals surface area (Å²) in [5, 5.41) is 15.1. The fourth-order valence-electron chi connectivity index (χ4n) is 2.84. The van der Waals surface area contributed by atoms with Gasteiger partial charge in [0.05, 0.1) is 18.0 Å². The minimum absolute atomic E-state index is 0.0879. The van der Waals surface area contributed by atoms with Crippen LogP contribution in [0.2, 0.25) is 0 Å². The Labute approximate surface area is 174 Å². The van der Waals surface area contributed by atoms with Crippen LogP contribution in [-0.4, -0.2) is 38.5 Å². The van der Waals surface area contributed by atoms with Gasteiger partial charge >= 0.3 is 0 Å². The lowest BCUT2D eigenvalue weighted by Gasteiger charge is -2.17. The summed E-state index contributed by atoms with van der Waals surface area (Å²) in [7, 11) is 1.62. The number of nitrogens with one attached hydrogen (secondary N) is 1. The van der Waals surface area contributed by atoms with Gasteiger partial charge in [-0.25, -0.2) is 0 Å². The number of para-hydroxylation sites is 1. The van der Waals surface area contributed by atoms with Crippen LogP contribution in [0.1, 0.15) is 38.7 Å². The van der Waals surface area contributed by atoms with Gasteiger partial charge in [-0.1, -0.05) is 43.8 Å². The first-order valence-electron chi connectivity index (χ1n) is 9.52. The van der Waals surface area contributed by atoms with Gasteiger partial charge in [0.1, 0.15) is 5.75 Å². The quantitative estimate of drug-likeness (QED) is 0.557. The third-order valence-electron chi connectivity index (χ3n) is 4.77. The molecule has 1 N–H and O–H groups in total. The lowest BCUT2D eigenvalue weighted by Crippen LogP contribution is -2.23. The van der Waals surface area contributed by atoms with Crippen molar-refractivity contribution in [1.82, 2.24) is 20.2 Å². The van der Waals surface area contributed by atoms with Crippen molar-refractivity contribution in [2.24, 2.45) is 0 Å². The second kappa shape index (κ2) is 9.56. The maximum absolute atomic E-state index is 12.8. The largest absolute Gasteiger partial charge is 0.497 e. The molecule has 0 fully saturated rings. The number of benzene rings is 2. The van der Waals surface area contributed by atoms with E-state index < -0.39 is 0 Å². The molecule has 29 heavy (non-hydrogen) atoms. The Balaban J connectivity index is 1.72. The van der Waals surface area contributed by atoms with Gasteiger partial charge in [0.15, 0.2) is 0 Å². The number of carbonyl (C=O) groups is 1. The number of tetrazole rings is 1. The van der Waals surface area contributed by atoms with Crippen molar-refractivity contribution in [2.75, 3.05) is 12.4 Å². The second-order valence-corrected chi connectivity index (χ2v) is 8.03. The summed E-state index contributed by atoms with van der Waals surface area (Å²) in [6.45, 7) is 6.14. The molecule has 1 aromatic heterocycles. The number of ether oxygens (including phenoxy) is 1. The Bertz CT molecular complexity index is 958. The average molecular weight is 412 g/mol. The molecule has 2 aromatic carbocycles. The fourth-order valence-corrected chi connectivity index (χ4v) is 3.65. The first-order chi connectivity index (χ1) is 14.0. The summed E-state index contributed by atoms with van der Waals surface area (Å²) >= 11 is 1.31. The number of thioether (sulfide) groups is 1. The zero-order valence-corrected chi connectivity index (χ0v) is 17.8. The molecule has 0 aliphatic carbocycles. The summed E-state index contributed by atoms with van der Waals surface area (Å²) in [6, 6.07) is 15.4. The summed E-state index contributed by atoms with van der Waals surface area (Å²) in [6.07, 6.45) is 1.01. The van der Waals surface area contributed by atoms with E-state index in [9.17, 15) is 4.79 Å². The lowest BCUT2D eigenvalue weighted by atomic mass is 9.97. The van der Waals surface area contributed by atoms with Crippen LogP contribution in [-0.2, 0) is 4.79 Å². The predicted molar refractivity (Wildman–Crippen MR) is 115 cm³/mol. The average Bonchev–Trinajstić information content (AvgIpc) is 3.21. The third kappa shape index (κ3) is 4.95. The Hall–Kier alpha value is -2.87. The number of methoxy groups -OCH3 is 1. The molecule has 0 saturated carbocycles. The van der Waals surface area contributed by atoms with E-state index in [0.29, 0.717) is 11.1 Å². The van der Waals surface area contributed by atoms with Gasteiger partial charge in [-0.3, -0.25) is 4.79 Å². The Morgan fingerprint density at radius 1 is 1.17 bits per heavy atom. The molecular formula is C21H25N5O2S. The molecule has 152 valence electrons. The number of carbonyl (C=O) groups excluding carboxylic acids is 1. The maximum Gasteiger partial charge on any atom is 0.237 e. The summed E-state index contributed by atoms with van der Waals surface area (Å²) in [5.41, 5.74) is 2.80. The van der Waals surface area contributed by atoms with Gasteiger partial charge in [-0.2, -0.15) is 4.68 Å². The van der Waals surface area contributed by atoms with E-state index in [1.165, 1.54) is 11.8 Å². The molecular weight excluding hydrogens is 386 g/mol. The van der Waals surface area contributed by atoms with E-state index in [4.69, 9.17) is 4.74 Å². The number of hydrogen-bond acceptors (Lipinski definition) is 6. The first-order valence-corrected chi connectivity index (χ1v) is 10.4. The molecule has 7 nitrogen and oxygen atoms in total. The third-order valence-corrected chi connectivity index (χ3v) is 5.80. The van der Waals surface area contributed by atoms with Crippen molar-refractivity contribution < 1.29 is 9.53 Å². The highest BCUT2D eigenvalue weighted by Gasteiger charge is 2.21. The van der Waals surface area contributed by atoms with E-state index >= 15 is 0 Å². The van der Waals surface area contributed by atoms with E-state index in [1.807, 2.05) is 49.4 Å². The molecule has 1 amide bonds. The number of amides is 1. The van der Waals surface area contributed by atoms with Crippen LogP contribution >= 0.6 is 11.8 Å². The fraction of sp³-hybridized carbons (Fsp3) is 0.333. The second-order valence-electron chi connectivity index (χ2n) is 6.72. The number of rotatable bonds is 8. The molecule has 3 rings (SSSR count). The predicted octanol–water partition coefficient (Wildman–Crippen LogP) is 4.30. The molecule has 2 atom stereocenters. The molecule has 0 aliphatic rings. The summed E-state index contributed by atoms with van der Waals surface area (Å²) in [4.78, 5) is 12.8. The molecule has 0 unspecified atom stereocenters. The highest BCUT2D eigenvalue weighted by Crippen LogP contribution is 2.28. The highest BCUT2D eigenvalue weighted by molar-refractivity contribution is 8.00. The van der Waals surface area contributed by atoms with Crippen molar-refractivity contribution in [3.05, 3.63) is 54.1 Å². The minimum atomic E-state index is -0.372. The van der Waals surface area contributed by atoms with E-state index in [-0.39, 0.29) is 11.2 Å². The number of nitrogens with zero attached hydrogens (tertiary/aromatic N) is 4. The monoisotopic (exact) mass is 411 g/mol. The molecule has 0 bridgehead atoms. The topological polar surface area (TPSA) is 81.9 Å². The van der Waals surface area contributed by atoms with Crippen molar-refractivity contribution in [1.29, 1.82) is 0 Å². The summed E-state index contributed by atoms with van der Waals surface area (Å²) in [5.74, 6) is 1.04. The molecule has 0 radical (unpaired) electrons. The smallest absolute Gasteiger partial charge is 0.237 e. The minimum Gasteiger partial charge on any atom is -0.497 e. The van der Waals surface area contributed by atoms with Crippen LogP contribution in [0.25, 0.3) is 5.69 Å². The van der Waals surface area contributed by atoms with Gasteiger partial charge in [0.2, 0.25) is 11.1 Å². The SMILES string of the molecule is CC[C@@H](C)c1ccccc1NC(=O)[C@H](C)Sc1nnnn1-c1ccc(OC)cc1. The van der Waals surface area contributed by atoms with Crippen molar-refractivity contribution >= 4 is 23.4 Å². The van der Waals surface area contributed by atoms with E-state index in [1.54, 1.807) is 11.8 Å².